The van der Waals surface area contributed by atoms with Crippen molar-refractivity contribution in [3.8, 4) is 0 Å². The Morgan fingerprint density at radius 2 is 1.97 bits per heavy atom. The zero-order valence-electron chi connectivity index (χ0n) is 20.9. The van der Waals surface area contributed by atoms with Crippen molar-refractivity contribution in [1.29, 1.82) is 0 Å². The molecule has 3 heterocycles. The molecule has 1 aromatic heterocycles. The number of hydrogen-bond donors (Lipinski definition) is 1. The SMILES string of the molecule is COCCOC(=O)C1=C(C)N=C2SC=C(CC(=O)NCc3ccccn3)N2[C@@H]1c1ccc(C)cc1C. The number of thioether (sulfide) groups is 1. The maximum atomic E-state index is 13.3. The number of fused-ring (bicyclic) bond motifs is 1. The molecule has 4 rings (SSSR count). The highest BCUT2D eigenvalue weighted by Crippen LogP contribution is 2.45. The van der Waals surface area contributed by atoms with Crippen LogP contribution in [0.2, 0.25) is 0 Å². The van der Waals surface area contributed by atoms with Crippen molar-refractivity contribution in [2.24, 2.45) is 4.99 Å². The van der Waals surface area contributed by atoms with Gasteiger partial charge in [0.05, 0.1) is 42.6 Å². The van der Waals surface area contributed by atoms with Gasteiger partial charge in [0.25, 0.3) is 0 Å². The Morgan fingerprint density at radius 1 is 1.14 bits per heavy atom. The Labute approximate surface area is 215 Å². The highest BCUT2D eigenvalue weighted by atomic mass is 32.2. The Hall–Kier alpha value is -3.43. The van der Waals surface area contributed by atoms with Crippen LogP contribution in [0.5, 0.6) is 0 Å². The number of ether oxygens (including phenoxy) is 2. The molecule has 0 bridgehead atoms. The molecule has 2 aliphatic heterocycles. The smallest absolute Gasteiger partial charge is 0.338 e. The average Bonchev–Trinajstić information content (AvgIpc) is 3.24. The largest absolute Gasteiger partial charge is 0.460 e. The van der Waals surface area contributed by atoms with Crippen LogP contribution in [0.15, 0.2) is 70.0 Å². The summed E-state index contributed by atoms with van der Waals surface area (Å²) in [5.41, 5.74) is 5.77. The van der Waals surface area contributed by atoms with Crippen molar-refractivity contribution < 1.29 is 19.1 Å². The van der Waals surface area contributed by atoms with E-state index in [0.29, 0.717) is 24.4 Å². The lowest BCUT2D eigenvalue weighted by atomic mass is 9.90. The molecule has 0 saturated carbocycles. The van der Waals surface area contributed by atoms with E-state index in [9.17, 15) is 9.59 Å². The topological polar surface area (TPSA) is 93.1 Å². The molecule has 188 valence electrons. The second-order valence-corrected chi connectivity index (χ2v) is 9.49. The summed E-state index contributed by atoms with van der Waals surface area (Å²) in [4.78, 5) is 37.1. The Balaban J connectivity index is 1.62. The summed E-state index contributed by atoms with van der Waals surface area (Å²) in [5, 5.41) is 5.60. The van der Waals surface area contributed by atoms with E-state index in [0.717, 1.165) is 33.2 Å². The van der Waals surface area contributed by atoms with Gasteiger partial charge in [0.15, 0.2) is 5.17 Å². The number of carbonyl (C=O) groups is 2. The first kappa shape index (κ1) is 25.7. The number of carbonyl (C=O) groups excluding carboxylic acids is 2. The summed E-state index contributed by atoms with van der Waals surface area (Å²) >= 11 is 1.45. The van der Waals surface area contributed by atoms with E-state index in [1.807, 2.05) is 61.4 Å². The number of amidine groups is 1. The molecule has 0 unspecified atom stereocenters. The molecular formula is C27H30N4O4S. The van der Waals surface area contributed by atoms with Gasteiger partial charge in [-0.05, 0) is 49.4 Å². The molecule has 36 heavy (non-hydrogen) atoms. The molecule has 8 nitrogen and oxygen atoms in total. The summed E-state index contributed by atoms with van der Waals surface area (Å²) < 4.78 is 10.6. The quantitative estimate of drug-likeness (QED) is 0.403. The molecule has 0 radical (unpaired) electrons. The summed E-state index contributed by atoms with van der Waals surface area (Å²) in [6.45, 7) is 6.69. The van der Waals surface area contributed by atoms with Crippen LogP contribution in [0.25, 0.3) is 0 Å². The maximum absolute atomic E-state index is 13.3. The van der Waals surface area contributed by atoms with Gasteiger partial charge < -0.3 is 19.7 Å². The summed E-state index contributed by atoms with van der Waals surface area (Å²) in [5.74, 6) is -0.572. The van der Waals surface area contributed by atoms with Gasteiger partial charge >= 0.3 is 5.97 Å². The normalized spacial score (nSPS) is 16.9. The van der Waals surface area contributed by atoms with Crippen molar-refractivity contribution in [2.75, 3.05) is 20.3 Å². The van der Waals surface area contributed by atoms with Crippen molar-refractivity contribution in [2.45, 2.75) is 39.8 Å². The zero-order chi connectivity index (χ0) is 25.7. The summed E-state index contributed by atoms with van der Waals surface area (Å²) in [6.07, 6.45) is 1.84. The van der Waals surface area contributed by atoms with Crippen LogP contribution in [0.3, 0.4) is 0 Å². The van der Waals surface area contributed by atoms with E-state index in [4.69, 9.17) is 14.5 Å². The number of aryl methyl sites for hydroxylation is 2. The molecule has 1 aromatic carbocycles. The molecule has 1 N–H and O–H groups in total. The van der Waals surface area contributed by atoms with E-state index in [2.05, 4.69) is 16.4 Å². The van der Waals surface area contributed by atoms with Gasteiger partial charge in [-0.2, -0.15) is 0 Å². The minimum atomic E-state index is -0.460. The van der Waals surface area contributed by atoms with E-state index in [1.165, 1.54) is 11.8 Å². The molecular weight excluding hydrogens is 476 g/mol. The fourth-order valence-electron chi connectivity index (χ4n) is 4.27. The lowest BCUT2D eigenvalue weighted by Gasteiger charge is -2.37. The number of rotatable bonds is 9. The second kappa shape index (κ2) is 11.5. The number of nitrogens with one attached hydrogen (secondary N) is 1. The number of methoxy groups -OCH3 is 1. The number of aliphatic imine (C=N–C) groups is 1. The van der Waals surface area contributed by atoms with Crippen LogP contribution < -0.4 is 5.32 Å². The Morgan fingerprint density at radius 3 is 2.69 bits per heavy atom. The molecule has 0 saturated heterocycles. The van der Waals surface area contributed by atoms with Crippen molar-refractivity contribution in [1.82, 2.24) is 15.2 Å². The van der Waals surface area contributed by atoms with Crippen molar-refractivity contribution in [3.63, 3.8) is 0 Å². The monoisotopic (exact) mass is 506 g/mol. The van der Waals surface area contributed by atoms with Crippen LogP contribution in [0, 0.1) is 13.8 Å². The average molecular weight is 507 g/mol. The number of esters is 1. The van der Waals surface area contributed by atoms with Gasteiger partial charge in [-0.3, -0.25) is 9.78 Å². The lowest BCUT2D eigenvalue weighted by Crippen LogP contribution is -2.38. The first-order chi connectivity index (χ1) is 17.4. The van der Waals surface area contributed by atoms with Crippen LogP contribution in [0.1, 0.15) is 41.8 Å². The first-order valence-corrected chi connectivity index (χ1v) is 12.6. The van der Waals surface area contributed by atoms with E-state index >= 15 is 0 Å². The fourth-order valence-corrected chi connectivity index (χ4v) is 5.24. The van der Waals surface area contributed by atoms with Crippen molar-refractivity contribution in [3.05, 3.63) is 87.4 Å². The van der Waals surface area contributed by atoms with Crippen LogP contribution in [-0.4, -0.2) is 47.3 Å². The van der Waals surface area contributed by atoms with E-state index < -0.39 is 12.0 Å². The molecule has 1 amide bonds. The standard InChI is InChI=1S/C27H30N4O4S/c1-17-8-9-22(18(2)13-17)25-24(26(33)35-12-11-34-4)19(3)30-27-31(25)21(16-36-27)14-23(32)29-15-20-7-5-6-10-28-20/h5-10,13,16,25H,11-12,14-15H2,1-4H3,(H,29,32)/t25-/m1/s1. The van der Waals surface area contributed by atoms with E-state index in [-0.39, 0.29) is 18.9 Å². The molecule has 2 aromatic rings. The number of pyridine rings is 1. The highest BCUT2D eigenvalue weighted by Gasteiger charge is 2.41. The fraction of sp³-hybridized carbons (Fsp3) is 0.333. The highest BCUT2D eigenvalue weighted by molar-refractivity contribution is 8.16. The third kappa shape index (κ3) is 5.68. The minimum Gasteiger partial charge on any atom is -0.460 e. The first-order valence-electron chi connectivity index (χ1n) is 11.7. The van der Waals surface area contributed by atoms with Crippen LogP contribution in [0.4, 0.5) is 0 Å². The third-order valence-corrected chi connectivity index (χ3v) is 6.88. The van der Waals surface area contributed by atoms with Gasteiger partial charge in [-0.25, -0.2) is 9.79 Å². The molecule has 0 fully saturated rings. The molecule has 0 aliphatic carbocycles. The van der Waals surface area contributed by atoms with Gasteiger partial charge in [-0.1, -0.05) is 41.6 Å². The number of amides is 1. The third-order valence-electron chi connectivity index (χ3n) is 6.00. The number of hydrogen-bond acceptors (Lipinski definition) is 8. The van der Waals surface area contributed by atoms with Crippen LogP contribution >= 0.6 is 11.8 Å². The Kier molecular flexibility index (Phi) is 8.22. The number of nitrogens with zero attached hydrogens (tertiary/aromatic N) is 3. The summed E-state index contributed by atoms with van der Waals surface area (Å²) in [7, 11) is 1.56. The second-order valence-electron chi connectivity index (χ2n) is 8.66. The predicted molar refractivity (Wildman–Crippen MR) is 140 cm³/mol. The minimum absolute atomic E-state index is 0.136. The van der Waals surface area contributed by atoms with Gasteiger partial charge in [0, 0.05) is 19.0 Å². The van der Waals surface area contributed by atoms with Gasteiger partial charge in [0.1, 0.15) is 6.61 Å². The summed E-state index contributed by atoms with van der Waals surface area (Å²) in [6, 6.07) is 11.3. The zero-order valence-corrected chi connectivity index (χ0v) is 21.7. The molecule has 1 atom stereocenters. The Bertz CT molecular complexity index is 1240. The molecule has 2 aliphatic rings. The molecule has 0 spiro atoms. The maximum Gasteiger partial charge on any atom is 0.338 e. The van der Waals surface area contributed by atoms with Gasteiger partial charge in [-0.15, -0.1) is 0 Å². The number of allylic oxidation sites excluding steroid dienone is 1. The van der Waals surface area contributed by atoms with Crippen molar-refractivity contribution >= 4 is 28.8 Å². The van der Waals surface area contributed by atoms with E-state index in [1.54, 1.807) is 13.3 Å². The molecule has 9 heteroatoms. The predicted octanol–water partition coefficient (Wildman–Crippen LogP) is 4.17. The lowest BCUT2D eigenvalue weighted by molar-refractivity contribution is -0.141. The number of aromatic nitrogens is 1. The van der Waals surface area contributed by atoms with Crippen LogP contribution in [-0.2, 0) is 25.6 Å². The number of benzene rings is 1. The van der Waals surface area contributed by atoms with Gasteiger partial charge in [0.2, 0.25) is 5.91 Å².